The van der Waals surface area contributed by atoms with Gasteiger partial charge >= 0.3 is 0 Å². The van der Waals surface area contributed by atoms with Crippen LogP contribution >= 0.6 is 0 Å². The van der Waals surface area contributed by atoms with Crippen LogP contribution in [0.1, 0.15) is 29.5 Å². The predicted octanol–water partition coefficient (Wildman–Crippen LogP) is 1.93. The zero-order valence-electron chi connectivity index (χ0n) is 18.7. The first kappa shape index (κ1) is 21.9. The van der Waals surface area contributed by atoms with Gasteiger partial charge in [0.25, 0.3) is 5.91 Å². The molecule has 4 rings (SSSR count). The first-order chi connectivity index (χ1) is 15.7. The van der Waals surface area contributed by atoms with Gasteiger partial charge in [-0.1, -0.05) is 0 Å². The molecule has 0 radical (unpaired) electrons. The number of rotatable bonds is 6. The molecule has 0 fully saturated rings. The summed E-state index contributed by atoms with van der Waals surface area (Å²) in [6.07, 6.45) is 6.67. The first-order valence-electron chi connectivity index (χ1n) is 10.3. The quantitative estimate of drug-likeness (QED) is 0.455. The Bertz CT molecular complexity index is 1330. The van der Waals surface area contributed by atoms with Crippen molar-refractivity contribution in [1.29, 1.82) is 0 Å². The molecule has 33 heavy (non-hydrogen) atoms. The van der Waals surface area contributed by atoms with Crippen LogP contribution in [0.5, 0.6) is 0 Å². The molecule has 2 amide bonds. The van der Waals surface area contributed by atoms with E-state index >= 15 is 0 Å². The highest BCUT2D eigenvalue weighted by molar-refractivity contribution is 5.98. The molecule has 0 saturated carbocycles. The van der Waals surface area contributed by atoms with E-state index in [0.29, 0.717) is 17.0 Å². The number of nitrogens with zero attached hydrogens (tertiary/aromatic N) is 6. The summed E-state index contributed by atoms with van der Waals surface area (Å²) in [4.78, 5) is 43.9. The molecule has 3 N–H and O–H groups in total. The molecule has 0 aromatic carbocycles. The van der Waals surface area contributed by atoms with E-state index in [1.54, 1.807) is 27.2 Å². The van der Waals surface area contributed by atoms with Crippen molar-refractivity contribution in [2.45, 2.75) is 26.3 Å². The van der Waals surface area contributed by atoms with Crippen LogP contribution in [0, 0.1) is 6.92 Å². The van der Waals surface area contributed by atoms with E-state index in [0.717, 1.165) is 11.3 Å². The normalized spacial score (nSPS) is 12.0. The van der Waals surface area contributed by atoms with Gasteiger partial charge in [-0.2, -0.15) is 0 Å². The number of anilines is 1. The van der Waals surface area contributed by atoms with E-state index in [4.69, 9.17) is 10.2 Å². The fourth-order valence-electron chi connectivity index (χ4n) is 3.34. The van der Waals surface area contributed by atoms with Crippen molar-refractivity contribution in [1.82, 2.24) is 34.6 Å². The summed E-state index contributed by atoms with van der Waals surface area (Å²) >= 11 is 0. The van der Waals surface area contributed by atoms with E-state index in [1.165, 1.54) is 17.4 Å². The minimum absolute atomic E-state index is 0.0492. The summed E-state index contributed by atoms with van der Waals surface area (Å²) < 4.78 is 7.34. The maximum atomic E-state index is 13.0. The number of nitrogens with one attached hydrogen (secondary N) is 1. The van der Waals surface area contributed by atoms with Crippen molar-refractivity contribution in [3.05, 3.63) is 48.4 Å². The van der Waals surface area contributed by atoms with E-state index in [9.17, 15) is 9.59 Å². The Hall–Kier alpha value is -4.28. The number of imidazole rings is 1. The third-order valence-corrected chi connectivity index (χ3v) is 5.09. The Morgan fingerprint density at radius 1 is 1.21 bits per heavy atom. The molecule has 0 bridgehead atoms. The summed E-state index contributed by atoms with van der Waals surface area (Å²) in [5.41, 5.74) is 9.12. The molecule has 11 heteroatoms. The number of amides is 2. The summed E-state index contributed by atoms with van der Waals surface area (Å²) in [6, 6.07) is 3.25. The van der Waals surface area contributed by atoms with Gasteiger partial charge in [0.05, 0.1) is 6.20 Å². The molecule has 0 spiro atoms. The van der Waals surface area contributed by atoms with Gasteiger partial charge in [-0.05, 0) is 26.0 Å². The number of nitrogens with two attached hydrogens (primary N) is 1. The minimum atomic E-state index is -0.529. The number of carbonyl (C=O) groups is 2. The Balaban J connectivity index is 1.76. The van der Waals surface area contributed by atoms with Crippen molar-refractivity contribution in [2.24, 2.45) is 0 Å². The monoisotopic (exact) mass is 448 g/mol. The number of carbonyl (C=O) groups excluding carboxylic acids is 2. The van der Waals surface area contributed by atoms with Crippen LogP contribution in [0.4, 0.5) is 5.82 Å². The van der Waals surface area contributed by atoms with E-state index < -0.39 is 11.9 Å². The summed E-state index contributed by atoms with van der Waals surface area (Å²) in [6.45, 7) is 3.67. The molecular weight excluding hydrogens is 424 g/mol. The summed E-state index contributed by atoms with van der Waals surface area (Å²) in [5.74, 6) is -0.482. The number of hydrogen-bond acceptors (Lipinski definition) is 8. The van der Waals surface area contributed by atoms with E-state index in [-0.39, 0.29) is 29.7 Å². The molecule has 1 unspecified atom stereocenters. The number of pyridine rings is 1. The third-order valence-electron chi connectivity index (χ3n) is 5.09. The van der Waals surface area contributed by atoms with Crippen LogP contribution in [0.2, 0.25) is 0 Å². The van der Waals surface area contributed by atoms with Crippen LogP contribution in [0.3, 0.4) is 0 Å². The molecule has 170 valence electrons. The van der Waals surface area contributed by atoms with Gasteiger partial charge in [-0.15, -0.1) is 0 Å². The summed E-state index contributed by atoms with van der Waals surface area (Å²) in [5, 5.41) is 2.77. The van der Waals surface area contributed by atoms with Gasteiger partial charge in [0, 0.05) is 50.2 Å². The van der Waals surface area contributed by atoms with Crippen LogP contribution in [0.25, 0.3) is 28.5 Å². The van der Waals surface area contributed by atoms with Gasteiger partial charge < -0.3 is 24.8 Å². The molecule has 4 aromatic rings. The Kier molecular flexibility index (Phi) is 5.78. The van der Waals surface area contributed by atoms with Gasteiger partial charge in [0.2, 0.25) is 11.8 Å². The van der Waals surface area contributed by atoms with Gasteiger partial charge in [0.15, 0.2) is 17.2 Å². The topological polar surface area (TPSA) is 145 Å². The van der Waals surface area contributed by atoms with Gasteiger partial charge in [-0.3, -0.25) is 9.59 Å². The number of fused-ring (bicyclic) bond motifs is 1. The zero-order valence-corrected chi connectivity index (χ0v) is 18.7. The molecule has 0 aliphatic carbocycles. The molecule has 0 saturated heterocycles. The first-order valence-corrected chi connectivity index (χ1v) is 10.3. The van der Waals surface area contributed by atoms with Crippen LogP contribution in [-0.4, -0.2) is 61.2 Å². The predicted molar refractivity (Wildman–Crippen MR) is 121 cm³/mol. The van der Waals surface area contributed by atoms with E-state index in [1.807, 2.05) is 29.7 Å². The molecule has 4 aromatic heterocycles. The lowest BCUT2D eigenvalue weighted by molar-refractivity contribution is -0.129. The number of nitrogen functional groups attached to an aromatic ring is 1. The Labute approximate surface area is 189 Å². The van der Waals surface area contributed by atoms with Crippen molar-refractivity contribution in [3.8, 4) is 22.8 Å². The lowest BCUT2D eigenvalue weighted by Crippen LogP contribution is -2.37. The van der Waals surface area contributed by atoms with Crippen molar-refractivity contribution in [3.63, 3.8) is 0 Å². The minimum Gasteiger partial charge on any atom is -0.443 e. The molecule has 4 heterocycles. The average Bonchev–Trinajstić information content (AvgIpc) is 3.43. The third kappa shape index (κ3) is 4.38. The second-order valence-electron chi connectivity index (χ2n) is 7.90. The van der Waals surface area contributed by atoms with Gasteiger partial charge in [0.1, 0.15) is 17.6 Å². The second-order valence-corrected chi connectivity index (χ2v) is 7.90. The largest absolute Gasteiger partial charge is 0.443 e. The highest BCUT2D eigenvalue weighted by atomic mass is 16.3. The number of oxazole rings is 1. The molecule has 0 aliphatic heterocycles. The van der Waals surface area contributed by atoms with Gasteiger partial charge in [-0.25, -0.2) is 19.9 Å². The summed E-state index contributed by atoms with van der Waals surface area (Å²) in [7, 11) is 3.32. The van der Waals surface area contributed by atoms with E-state index in [2.05, 4.69) is 25.3 Å². The maximum Gasteiger partial charge on any atom is 0.273 e. The van der Waals surface area contributed by atoms with Crippen molar-refractivity contribution in [2.75, 3.05) is 19.8 Å². The lowest BCUT2D eigenvalue weighted by atomic mass is 10.1. The Morgan fingerprint density at radius 2 is 2.00 bits per heavy atom. The SMILES string of the molecule is Cc1cnc2ccc(-c3nc(C(=O)NC(C)CC(=O)N(C)C)c(N)nc3-c3ncco3)cn12. The number of aromatic nitrogens is 5. The highest BCUT2D eigenvalue weighted by Gasteiger charge is 2.24. The fraction of sp³-hybridized carbons (Fsp3) is 0.273. The fourth-order valence-corrected chi connectivity index (χ4v) is 3.34. The van der Waals surface area contributed by atoms with Crippen molar-refractivity contribution >= 4 is 23.3 Å². The van der Waals surface area contributed by atoms with Crippen LogP contribution in [-0.2, 0) is 4.79 Å². The van der Waals surface area contributed by atoms with Crippen LogP contribution < -0.4 is 11.1 Å². The second kappa shape index (κ2) is 8.69. The maximum absolute atomic E-state index is 13.0. The molecular formula is C22H24N8O3. The molecule has 11 nitrogen and oxygen atoms in total. The lowest BCUT2D eigenvalue weighted by Gasteiger charge is -2.17. The number of aryl methyl sites for hydroxylation is 1. The Morgan fingerprint density at radius 3 is 2.70 bits per heavy atom. The van der Waals surface area contributed by atoms with Crippen LogP contribution in [0.15, 0.2) is 41.4 Å². The zero-order chi connectivity index (χ0) is 23.7. The molecule has 0 aliphatic rings. The molecule has 1 atom stereocenters. The standard InChI is InChI=1S/C22H24N8O3/c1-12(9-16(31)29(3)4)26-21(32)19-20(23)28-18(22-24-7-8-33-22)17(27-19)14-5-6-15-25-10-13(2)30(15)11-14/h5-8,10-12H,9H2,1-4H3,(H2,23,28)(H,26,32). The smallest absolute Gasteiger partial charge is 0.273 e. The average molecular weight is 448 g/mol. The number of hydrogen-bond donors (Lipinski definition) is 2. The highest BCUT2D eigenvalue weighted by Crippen LogP contribution is 2.30. The van der Waals surface area contributed by atoms with Crippen molar-refractivity contribution < 1.29 is 14.0 Å².